The van der Waals surface area contributed by atoms with E-state index in [0.717, 1.165) is 24.5 Å². The van der Waals surface area contributed by atoms with Crippen LogP contribution in [0.3, 0.4) is 0 Å². The fraction of sp³-hybridized carbons (Fsp3) is 0.250. The van der Waals surface area contributed by atoms with Gasteiger partial charge in [-0.1, -0.05) is 17.7 Å². The van der Waals surface area contributed by atoms with Crippen LogP contribution in [0.2, 0.25) is 0 Å². The maximum Gasteiger partial charge on any atom is 0.127 e. The van der Waals surface area contributed by atoms with Crippen molar-refractivity contribution in [1.82, 2.24) is 0 Å². The van der Waals surface area contributed by atoms with Crippen LogP contribution in [0.15, 0.2) is 42.5 Å². The molecule has 92 valence electrons. The molecule has 0 aromatic heterocycles. The van der Waals surface area contributed by atoms with Gasteiger partial charge in [0.25, 0.3) is 0 Å². The number of hydrogen-bond acceptors (Lipinski definition) is 2. The van der Waals surface area contributed by atoms with Crippen LogP contribution in [0.1, 0.15) is 17.5 Å². The summed E-state index contributed by atoms with van der Waals surface area (Å²) in [5.74, 6) is 1.81. The van der Waals surface area contributed by atoms with Gasteiger partial charge in [-0.15, -0.1) is 0 Å². The van der Waals surface area contributed by atoms with Crippen LogP contribution in [-0.4, -0.2) is 6.54 Å². The minimum absolute atomic E-state index is 0.893. The molecule has 2 heteroatoms. The molecule has 0 saturated heterocycles. The van der Waals surface area contributed by atoms with Crippen LogP contribution < -0.4 is 10.1 Å². The molecule has 0 radical (unpaired) electrons. The van der Waals surface area contributed by atoms with E-state index in [9.17, 15) is 0 Å². The zero-order valence-corrected chi connectivity index (χ0v) is 10.6. The average Bonchev–Trinajstić information content (AvgIpc) is 2.41. The summed E-state index contributed by atoms with van der Waals surface area (Å²) in [6.45, 7) is 3.15. The van der Waals surface area contributed by atoms with E-state index >= 15 is 0 Å². The second-order valence-corrected chi connectivity index (χ2v) is 4.76. The first-order valence-electron chi connectivity index (χ1n) is 6.42. The van der Waals surface area contributed by atoms with Gasteiger partial charge in [0.15, 0.2) is 0 Å². The molecule has 1 aliphatic heterocycles. The molecule has 0 saturated carbocycles. The molecule has 0 fully saturated rings. The van der Waals surface area contributed by atoms with Gasteiger partial charge < -0.3 is 10.1 Å². The first kappa shape index (κ1) is 11.1. The first-order chi connectivity index (χ1) is 8.81. The molecule has 18 heavy (non-hydrogen) atoms. The molecule has 2 aromatic rings. The van der Waals surface area contributed by atoms with Gasteiger partial charge in [0.2, 0.25) is 0 Å². The second kappa shape index (κ2) is 4.73. The second-order valence-electron chi connectivity index (χ2n) is 4.76. The number of benzene rings is 2. The van der Waals surface area contributed by atoms with Crippen molar-refractivity contribution in [2.45, 2.75) is 19.8 Å². The van der Waals surface area contributed by atoms with Crippen molar-refractivity contribution in [2.75, 3.05) is 11.9 Å². The molecule has 0 atom stereocenters. The first-order valence-corrected chi connectivity index (χ1v) is 6.42. The zero-order chi connectivity index (χ0) is 12.4. The van der Waals surface area contributed by atoms with Crippen LogP contribution in [0.25, 0.3) is 0 Å². The summed E-state index contributed by atoms with van der Waals surface area (Å²) in [5.41, 5.74) is 3.85. The number of rotatable bonds is 2. The molecule has 1 aliphatic rings. The van der Waals surface area contributed by atoms with Crippen LogP contribution in [0.5, 0.6) is 11.5 Å². The number of nitrogens with one attached hydrogen (secondary N) is 1. The van der Waals surface area contributed by atoms with E-state index in [2.05, 4.69) is 36.5 Å². The Morgan fingerprint density at radius 1 is 1.00 bits per heavy atom. The van der Waals surface area contributed by atoms with Gasteiger partial charge >= 0.3 is 0 Å². The summed E-state index contributed by atoms with van der Waals surface area (Å²) in [6.07, 6.45) is 2.33. The Morgan fingerprint density at radius 3 is 2.61 bits per heavy atom. The molecule has 2 aromatic carbocycles. The highest BCUT2D eigenvalue weighted by Crippen LogP contribution is 2.29. The maximum atomic E-state index is 5.87. The Morgan fingerprint density at radius 2 is 1.78 bits per heavy atom. The van der Waals surface area contributed by atoms with E-state index < -0.39 is 0 Å². The highest BCUT2D eigenvalue weighted by atomic mass is 16.5. The molecule has 1 heterocycles. The molecule has 0 amide bonds. The van der Waals surface area contributed by atoms with E-state index in [1.165, 1.54) is 23.2 Å². The summed E-state index contributed by atoms with van der Waals surface area (Å²) in [7, 11) is 0. The molecule has 2 nitrogen and oxygen atoms in total. The maximum absolute atomic E-state index is 5.87. The van der Waals surface area contributed by atoms with Crippen molar-refractivity contribution in [3.05, 3.63) is 53.6 Å². The smallest absolute Gasteiger partial charge is 0.127 e. The Bertz CT molecular complexity index is 546. The average molecular weight is 239 g/mol. The number of anilines is 1. The normalized spacial score (nSPS) is 13.6. The van der Waals surface area contributed by atoms with Crippen molar-refractivity contribution in [2.24, 2.45) is 0 Å². The number of aryl methyl sites for hydroxylation is 2. The quantitative estimate of drug-likeness (QED) is 0.850. The largest absolute Gasteiger partial charge is 0.457 e. The van der Waals surface area contributed by atoms with Crippen LogP contribution in [0, 0.1) is 6.92 Å². The third-order valence-electron chi connectivity index (χ3n) is 3.27. The third-order valence-corrected chi connectivity index (χ3v) is 3.27. The Labute approximate surface area is 108 Å². The minimum Gasteiger partial charge on any atom is -0.457 e. The standard InChI is InChI=1S/C16H17NO/c1-12-4-6-14(7-5-12)18-15-8-9-16-13(11-15)3-2-10-17-16/h4-9,11,17H,2-3,10H2,1H3. The molecule has 3 rings (SSSR count). The molecular weight excluding hydrogens is 222 g/mol. The van der Waals surface area contributed by atoms with Crippen molar-refractivity contribution >= 4 is 5.69 Å². The van der Waals surface area contributed by atoms with E-state index in [1.54, 1.807) is 0 Å². The van der Waals surface area contributed by atoms with E-state index in [1.807, 2.05) is 18.2 Å². The van der Waals surface area contributed by atoms with Gasteiger partial charge in [-0.25, -0.2) is 0 Å². The molecular formula is C16H17NO. The molecule has 1 N–H and O–H groups in total. The monoisotopic (exact) mass is 239 g/mol. The van der Waals surface area contributed by atoms with Crippen LogP contribution in [-0.2, 0) is 6.42 Å². The highest BCUT2D eigenvalue weighted by Gasteiger charge is 2.09. The number of hydrogen-bond donors (Lipinski definition) is 1. The summed E-state index contributed by atoms with van der Waals surface area (Å²) in [4.78, 5) is 0. The zero-order valence-electron chi connectivity index (χ0n) is 10.6. The van der Waals surface area contributed by atoms with Crippen molar-refractivity contribution in [3.63, 3.8) is 0 Å². The van der Waals surface area contributed by atoms with Gasteiger partial charge in [-0.2, -0.15) is 0 Å². The van der Waals surface area contributed by atoms with Gasteiger partial charge in [-0.3, -0.25) is 0 Å². The Kier molecular flexibility index (Phi) is 2.93. The highest BCUT2D eigenvalue weighted by molar-refractivity contribution is 5.56. The van der Waals surface area contributed by atoms with Crippen molar-refractivity contribution in [1.29, 1.82) is 0 Å². The molecule has 0 bridgehead atoms. The van der Waals surface area contributed by atoms with E-state index in [4.69, 9.17) is 4.74 Å². The number of ether oxygens (including phenoxy) is 1. The van der Waals surface area contributed by atoms with Gasteiger partial charge in [-0.05, 0) is 55.7 Å². The van der Waals surface area contributed by atoms with E-state index in [-0.39, 0.29) is 0 Å². The SMILES string of the molecule is Cc1ccc(Oc2ccc3c(c2)CCCN3)cc1. The van der Waals surface area contributed by atoms with Gasteiger partial charge in [0, 0.05) is 12.2 Å². The fourth-order valence-electron chi connectivity index (χ4n) is 2.26. The summed E-state index contributed by atoms with van der Waals surface area (Å²) in [5, 5.41) is 3.41. The van der Waals surface area contributed by atoms with Gasteiger partial charge in [0.1, 0.15) is 11.5 Å². The van der Waals surface area contributed by atoms with E-state index in [0.29, 0.717) is 0 Å². The third kappa shape index (κ3) is 2.33. The lowest BCUT2D eigenvalue weighted by atomic mass is 10.0. The van der Waals surface area contributed by atoms with Gasteiger partial charge in [0.05, 0.1) is 0 Å². The fourth-order valence-corrected chi connectivity index (χ4v) is 2.26. The molecule has 0 aliphatic carbocycles. The summed E-state index contributed by atoms with van der Waals surface area (Å²) < 4.78 is 5.87. The van der Waals surface area contributed by atoms with Crippen molar-refractivity contribution < 1.29 is 4.74 Å². The Hall–Kier alpha value is -1.96. The minimum atomic E-state index is 0.893. The predicted octanol–water partition coefficient (Wildman–Crippen LogP) is 4.15. The lowest BCUT2D eigenvalue weighted by Crippen LogP contribution is -2.11. The summed E-state index contributed by atoms with van der Waals surface area (Å²) in [6, 6.07) is 14.4. The molecule has 0 spiro atoms. The van der Waals surface area contributed by atoms with Crippen LogP contribution in [0.4, 0.5) is 5.69 Å². The van der Waals surface area contributed by atoms with Crippen molar-refractivity contribution in [3.8, 4) is 11.5 Å². The Balaban J connectivity index is 1.82. The predicted molar refractivity (Wildman–Crippen MR) is 74.5 cm³/mol. The van der Waals surface area contributed by atoms with Crippen LogP contribution >= 0.6 is 0 Å². The topological polar surface area (TPSA) is 21.3 Å². The lowest BCUT2D eigenvalue weighted by molar-refractivity contribution is 0.481. The number of fused-ring (bicyclic) bond motifs is 1. The molecule has 0 unspecified atom stereocenters. The summed E-state index contributed by atoms with van der Waals surface area (Å²) >= 11 is 0. The lowest BCUT2D eigenvalue weighted by Gasteiger charge is -2.18.